The maximum atomic E-state index is 13.5. The van der Waals surface area contributed by atoms with Crippen LogP contribution in [0.25, 0.3) is 0 Å². The third-order valence-corrected chi connectivity index (χ3v) is 3.80. The molecule has 1 aliphatic rings. The van der Waals surface area contributed by atoms with E-state index >= 15 is 0 Å². The van der Waals surface area contributed by atoms with Gasteiger partial charge in [0.05, 0.1) is 13.2 Å². The van der Waals surface area contributed by atoms with Crippen molar-refractivity contribution in [3.63, 3.8) is 0 Å². The molecular weight excluding hydrogens is 329 g/mol. The number of para-hydroxylation sites is 1. The van der Waals surface area contributed by atoms with Crippen LogP contribution in [0, 0.1) is 12.7 Å². The molecule has 7 nitrogen and oxygen atoms in total. The number of carbonyl (C=O) groups excluding carboxylic acids is 1. The third-order valence-electron chi connectivity index (χ3n) is 3.80. The van der Waals surface area contributed by atoms with Gasteiger partial charge in [-0.15, -0.1) is 0 Å². The number of benzene rings is 1. The van der Waals surface area contributed by atoms with Crippen LogP contribution in [0.3, 0.4) is 0 Å². The fourth-order valence-corrected chi connectivity index (χ4v) is 2.59. The van der Waals surface area contributed by atoms with E-state index in [1.54, 1.807) is 24.0 Å². The number of nitrogens with zero attached hydrogens (tertiary/aromatic N) is 2. The second-order valence-corrected chi connectivity index (χ2v) is 5.69. The molecule has 8 heteroatoms. The van der Waals surface area contributed by atoms with Crippen molar-refractivity contribution in [2.45, 2.75) is 13.0 Å². The maximum Gasteiger partial charge on any atom is 0.260 e. The van der Waals surface area contributed by atoms with Crippen molar-refractivity contribution in [2.75, 3.05) is 26.3 Å². The van der Waals surface area contributed by atoms with Crippen molar-refractivity contribution < 1.29 is 18.7 Å². The molecule has 1 saturated heterocycles. The van der Waals surface area contributed by atoms with Gasteiger partial charge in [0, 0.05) is 18.3 Å². The number of ether oxygens (including phenoxy) is 2. The Bertz CT molecular complexity index is 824. The molecule has 1 atom stereocenters. The number of hydrogen-bond acceptors (Lipinski definition) is 5. The highest BCUT2D eigenvalue weighted by Crippen LogP contribution is 2.19. The first-order valence-corrected chi connectivity index (χ1v) is 7.87. The van der Waals surface area contributed by atoms with Crippen LogP contribution >= 0.6 is 0 Å². The molecule has 1 N–H and O–H groups in total. The minimum Gasteiger partial charge on any atom is -0.481 e. The molecule has 132 valence electrons. The van der Waals surface area contributed by atoms with E-state index in [4.69, 9.17) is 9.47 Å². The summed E-state index contributed by atoms with van der Waals surface area (Å²) in [6.07, 6.45) is -0.515. The first-order chi connectivity index (χ1) is 12.0. The number of halogens is 1. The lowest BCUT2D eigenvalue weighted by Gasteiger charge is -2.32. The summed E-state index contributed by atoms with van der Waals surface area (Å²) in [6.45, 7) is 2.39. The molecule has 2 aromatic rings. The lowest BCUT2D eigenvalue weighted by atomic mass is 10.2. The average Bonchev–Trinajstić information content (AvgIpc) is 2.60. The summed E-state index contributed by atoms with van der Waals surface area (Å²) in [5.74, 6) is -0.383. The molecule has 1 aromatic heterocycles. The maximum absolute atomic E-state index is 13.5. The molecule has 0 saturated carbocycles. The first kappa shape index (κ1) is 17.1. The van der Waals surface area contributed by atoms with Crippen LogP contribution in [0.15, 0.2) is 35.1 Å². The standard InChI is InChI=1S/C17H18FN3O4/c1-11-8-15(22)20-17(19-11)14-9-21(6-7-24-14)16(23)10-25-13-5-3-2-4-12(13)18/h2-5,8,14H,6-7,9-10H2,1H3,(H,19,20,22). The number of carbonyl (C=O) groups is 1. The summed E-state index contributed by atoms with van der Waals surface area (Å²) >= 11 is 0. The summed E-state index contributed by atoms with van der Waals surface area (Å²) in [6, 6.07) is 7.30. The Hall–Kier alpha value is -2.74. The van der Waals surface area contributed by atoms with E-state index < -0.39 is 11.9 Å². The summed E-state index contributed by atoms with van der Waals surface area (Å²) in [7, 11) is 0. The first-order valence-electron chi connectivity index (χ1n) is 7.87. The minimum atomic E-state index is -0.517. The Morgan fingerprint density at radius 2 is 2.28 bits per heavy atom. The number of hydrogen-bond donors (Lipinski definition) is 1. The average molecular weight is 347 g/mol. The Kier molecular flexibility index (Phi) is 5.08. The van der Waals surface area contributed by atoms with Gasteiger partial charge in [-0.3, -0.25) is 9.59 Å². The van der Waals surface area contributed by atoms with E-state index in [2.05, 4.69) is 9.97 Å². The zero-order chi connectivity index (χ0) is 17.8. The van der Waals surface area contributed by atoms with E-state index in [9.17, 15) is 14.0 Å². The van der Waals surface area contributed by atoms with Gasteiger partial charge in [0.15, 0.2) is 18.2 Å². The molecule has 3 rings (SSSR count). The zero-order valence-corrected chi connectivity index (χ0v) is 13.7. The molecule has 0 aliphatic carbocycles. The molecule has 0 radical (unpaired) electrons. The van der Waals surface area contributed by atoms with Crippen LogP contribution in [0.2, 0.25) is 0 Å². The molecule has 25 heavy (non-hydrogen) atoms. The number of aromatic amines is 1. The molecule has 1 aliphatic heterocycles. The van der Waals surface area contributed by atoms with E-state index in [-0.39, 0.29) is 30.4 Å². The smallest absolute Gasteiger partial charge is 0.260 e. The van der Waals surface area contributed by atoms with Crippen molar-refractivity contribution in [3.05, 3.63) is 58.0 Å². The van der Waals surface area contributed by atoms with Gasteiger partial charge < -0.3 is 19.4 Å². The van der Waals surface area contributed by atoms with Gasteiger partial charge in [0.25, 0.3) is 11.5 Å². The molecule has 1 fully saturated rings. The molecule has 0 spiro atoms. The SMILES string of the molecule is Cc1cc(=O)[nH]c(C2CN(C(=O)COc3ccccc3F)CCO2)n1. The van der Waals surface area contributed by atoms with Crippen molar-refractivity contribution in [3.8, 4) is 5.75 Å². The monoisotopic (exact) mass is 347 g/mol. The van der Waals surface area contributed by atoms with Crippen LogP contribution in [-0.2, 0) is 9.53 Å². The topological polar surface area (TPSA) is 84.5 Å². The Labute approximate surface area is 143 Å². The van der Waals surface area contributed by atoms with E-state index in [1.807, 2.05) is 0 Å². The van der Waals surface area contributed by atoms with Gasteiger partial charge >= 0.3 is 0 Å². The number of aryl methyl sites for hydroxylation is 1. The molecule has 0 bridgehead atoms. The van der Waals surface area contributed by atoms with Crippen molar-refractivity contribution in [2.24, 2.45) is 0 Å². The molecule has 1 unspecified atom stereocenters. The molecular formula is C17H18FN3O4. The second-order valence-electron chi connectivity index (χ2n) is 5.69. The van der Waals surface area contributed by atoms with Gasteiger partial charge in [-0.1, -0.05) is 12.1 Å². The van der Waals surface area contributed by atoms with Crippen LogP contribution in [-0.4, -0.2) is 47.1 Å². The number of amides is 1. The predicted octanol–water partition coefficient (Wildman–Crippen LogP) is 1.20. The number of H-pyrrole nitrogens is 1. The minimum absolute atomic E-state index is 0.0327. The molecule has 1 aromatic carbocycles. The Morgan fingerprint density at radius 1 is 1.48 bits per heavy atom. The van der Waals surface area contributed by atoms with Gasteiger partial charge in [0.1, 0.15) is 11.9 Å². The summed E-state index contributed by atoms with van der Waals surface area (Å²) < 4.78 is 24.4. The lowest BCUT2D eigenvalue weighted by Crippen LogP contribution is -2.45. The van der Waals surface area contributed by atoms with E-state index in [0.29, 0.717) is 24.7 Å². The van der Waals surface area contributed by atoms with Crippen molar-refractivity contribution in [1.29, 1.82) is 0 Å². The quantitative estimate of drug-likeness (QED) is 0.898. The predicted molar refractivity (Wildman–Crippen MR) is 86.8 cm³/mol. The fraction of sp³-hybridized carbons (Fsp3) is 0.353. The van der Waals surface area contributed by atoms with Crippen LogP contribution in [0.5, 0.6) is 5.75 Å². The molecule has 1 amide bonds. The van der Waals surface area contributed by atoms with Gasteiger partial charge in [0.2, 0.25) is 0 Å². The van der Waals surface area contributed by atoms with Gasteiger partial charge in [-0.05, 0) is 19.1 Å². The lowest BCUT2D eigenvalue weighted by molar-refractivity contribution is -0.141. The summed E-state index contributed by atoms with van der Waals surface area (Å²) in [5, 5.41) is 0. The fourth-order valence-electron chi connectivity index (χ4n) is 2.59. The molecule has 2 heterocycles. The van der Waals surface area contributed by atoms with E-state index in [0.717, 1.165) is 0 Å². The number of rotatable bonds is 4. The number of morpholine rings is 1. The van der Waals surface area contributed by atoms with E-state index in [1.165, 1.54) is 18.2 Å². The highest BCUT2D eigenvalue weighted by molar-refractivity contribution is 5.77. The van der Waals surface area contributed by atoms with Crippen molar-refractivity contribution >= 4 is 5.91 Å². The van der Waals surface area contributed by atoms with Crippen LogP contribution in [0.1, 0.15) is 17.6 Å². The highest BCUT2D eigenvalue weighted by Gasteiger charge is 2.27. The summed E-state index contributed by atoms with van der Waals surface area (Å²) in [4.78, 5) is 32.3. The highest BCUT2D eigenvalue weighted by atomic mass is 19.1. The second kappa shape index (κ2) is 7.43. The number of nitrogens with one attached hydrogen (secondary N) is 1. The van der Waals surface area contributed by atoms with Crippen molar-refractivity contribution in [1.82, 2.24) is 14.9 Å². The normalized spacial score (nSPS) is 17.4. The Morgan fingerprint density at radius 3 is 3.04 bits per heavy atom. The number of aromatic nitrogens is 2. The Balaban J connectivity index is 1.63. The van der Waals surface area contributed by atoms with Gasteiger partial charge in [-0.2, -0.15) is 0 Å². The van der Waals surface area contributed by atoms with Gasteiger partial charge in [-0.25, -0.2) is 9.37 Å². The van der Waals surface area contributed by atoms with Crippen LogP contribution in [0.4, 0.5) is 4.39 Å². The summed E-state index contributed by atoms with van der Waals surface area (Å²) in [5.41, 5.74) is 0.311. The zero-order valence-electron chi connectivity index (χ0n) is 13.7. The largest absolute Gasteiger partial charge is 0.481 e. The third kappa shape index (κ3) is 4.21. The van der Waals surface area contributed by atoms with Crippen LogP contribution < -0.4 is 10.3 Å².